The number of carbonyl (C=O) groups excluding carboxylic acids is 1. The summed E-state index contributed by atoms with van der Waals surface area (Å²) in [5.74, 6) is 0. The number of carbonyl (C=O) groups is 1. The first-order valence-corrected chi connectivity index (χ1v) is 5.17. The second-order valence-electron chi connectivity index (χ2n) is 3.79. The van der Waals surface area contributed by atoms with Gasteiger partial charge in [0, 0.05) is 0 Å². The van der Waals surface area contributed by atoms with Gasteiger partial charge in [0.2, 0.25) is 0 Å². The Kier molecular flexibility index (Phi) is 1.96. The molecule has 78 valence electrons. The first kappa shape index (κ1) is 9.09. The molecular weight excluding hydrogens is 200 g/mol. The molecule has 3 heteroatoms. The number of fused-ring (bicyclic) bond motifs is 1. The molecule has 0 saturated carbocycles. The normalized spacial score (nSPS) is 22.2. The highest BCUT2D eigenvalue weighted by atomic mass is 16.2. The molecule has 3 nitrogen and oxygen atoms in total. The summed E-state index contributed by atoms with van der Waals surface area (Å²) in [5, 5.41) is 2.79. The standard InChI is InChI=1S/C13H10N2O/c16-13-14-11-7-6-10(8-12(11)15-13)9-4-2-1-3-5-9/h1-8,12H,(H,15,16). The predicted octanol–water partition coefficient (Wildman–Crippen LogP) is 2.17. The van der Waals surface area contributed by atoms with Gasteiger partial charge >= 0.3 is 6.03 Å². The third-order valence-corrected chi connectivity index (χ3v) is 2.72. The summed E-state index contributed by atoms with van der Waals surface area (Å²) in [4.78, 5) is 15.0. The van der Waals surface area contributed by atoms with Gasteiger partial charge < -0.3 is 5.32 Å². The van der Waals surface area contributed by atoms with Gasteiger partial charge in [-0.2, -0.15) is 4.99 Å². The number of benzene rings is 1. The summed E-state index contributed by atoms with van der Waals surface area (Å²) in [6, 6.07) is 9.77. The number of amides is 2. The van der Waals surface area contributed by atoms with E-state index in [0.717, 1.165) is 16.8 Å². The van der Waals surface area contributed by atoms with E-state index in [0.29, 0.717) is 0 Å². The van der Waals surface area contributed by atoms with E-state index in [9.17, 15) is 4.79 Å². The minimum Gasteiger partial charge on any atom is -0.324 e. The van der Waals surface area contributed by atoms with Crippen molar-refractivity contribution in [2.45, 2.75) is 6.04 Å². The van der Waals surface area contributed by atoms with Gasteiger partial charge in [0.05, 0.1) is 11.8 Å². The third-order valence-electron chi connectivity index (χ3n) is 2.72. The smallest absolute Gasteiger partial charge is 0.324 e. The topological polar surface area (TPSA) is 41.5 Å². The number of nitrogens with zero attached hydrogens (tertiary/aromatic N) is 1. The Morgan fingerprint density at radius 3 is 2.75 bits per heavy atom. The number of urea groups is 1. The number of allylic oxidation sites excluding steroid dienone is 2. The predicted molar refractivity (Wildman–Crippen MR) is 63.3 cm³/mol. The largest absolute Gasteiger partial charge is 0.342 e. The van der Waals surface area contributed by atoms with Crippen molar-refractivity contribution in [2.75, 3.05) is 0 Å². The minimum atomic E-state index is -0.254. The van der Waals surface area contributed by atoms with Crippen LogP contribution in [0.15, 0.2) is 53.6 Å². The lowest BCUT2D eigenvalue weighted by Crippen LogP contribution is -2.30. The molecule has 0 saturated heterocycles. The molecule has 3 rings (SSSR count). The van der Waals surface area contributed by atoms with Crippen molar-refractivity contribution in [3.05, 3.63) is 54.1 Å². The molecule has 0 spiro atoms. The number of rotatable bonds is 1. The van der Waals surface area contributed by atoms with Gasteiger partial charge in [-0.25, -0.2) is 4.79 Å². The molecule has 1 atom stereocenters. The van der Waals surface area contributed by atoms with Crippen LogP contribution in [0.25, 0.3) is 5.57 Å². The molecule has 0 aromatic heterocycles. The summed E-state index contributed by atoms with van der Waals surface area (Å²) in [6.07, 6.45) is 5.91. The van der Waals surface area contributed by atoms with E-state index in [4.69, 9.17) is 0 Å². The highest BCUT2D eigenvalue weighted by molar-refractivity contribution is 6.14. The molecule has 0 bridgehead atoms. The zero-order valence-electron chi connectivity index (χ0n) is 8.55. The second kappa shape index (κ2) is 3.45. The Bertz CT molecular complexity index is 526. The molecule has 1 aliphatic heterocycles. The van der Waals surface area contributed by atoms with Gasteiger partial charge in [0.1, 0.15) is 0 Å². The summed E-state index contributed by atoms with van der Waals surface area (Å²) in [7, 11) is 0. The average molecular weight is 210 g/mol. The molecule has 1 heterocycles. The van der Waals surface area contributed by atoms with Crippen LogP contribution < -0.4 is 5.32 Å². The lowest BCUT2D eigenvalue weighted by atomic mass is 9.96. The van der Waals surface area contributed by atoms with Crippen molar-refractivity contribution in [3.8, 4) is 0 Å². The molecular formula is C13H10N2O. The molecule has 2 aliphatic rings. The SMILES string of the molecule is O=C1N=C2C=CC(c3ccccc3)=CC2N1. The van der Waals surface area contributed by atoms with Gasteiger partial charge in [-0.3, -0.25) is 0 Å². The number of aliphatic imine (C=N–C) groups is 1. The lowest BCUT2D eigenvalue weighted by Gasteiger charge is -2.13. The summed E-state index contributed by atoms with van der Waals surface area (Å²) < 4.78 is 0. The average Bonchev–Trinajstić information content (AvgIpc) is 2.69. The van der Waals surface area contributed by atoms with E-state index >= 15 is 0 Å². The first-order chi connectivity index (χ1) is 7.83. The fraction of sp³-hybridized carbons (Fsp3) is 0.0769. The van der Waals surface area contributed by atoms with Crippen LogP contribution in [0.2, 0.25) is 0 Å². The molecule has 1 aromatic rings. The Hall–Kier alpha value is -2.16. The zero-order chi connectivity index (χ0) is 11.0. The van der Waals surface area contributed by atoms with Crippen molar-refractivity contribution in [3.63, 3.8) is 0 Å². The molecule has 1 aliphatic carbocycles. The summed E-state index contributed by atoms with van der Waals surface area (Å²) >= 11 is 0. The third kappa shape index (κ3) is 1.46. The maximum absolute atomic E-state index is 11.1. The molecule has 1 N–H and O–H groups in total. The Morgan fingerprint density at radius 1 is 1.12 bits per heavy atom. The molecule has 16 heavy (non-hydrogen) atoms. The van der Waals surface area contributed by atoms with Gasteiger partial charge in [0.25, 0.3) is 0 Å². The van der Waals surface area contributed by atoms with Crippen LogP contribution in [0.3, 0.4) is 0 Å². The maximum Gasteiger partial charge on any atom is 0.342 e. The highest BCUT2D eigenvalue weighted by Crippen LogP contribution is 2.21. The van der Waals surface area contributed by atoms with Crippen LogP contribution in [0.1, 0.15) is 5.56 Å². The molecule has 0 fully saturated rings. The monoisotopic (exact) mass is 210 g/mol. The van der Waals surface area contributed by atoms with Crippen molar-refractivity contribution in [2.24, 2.45) is 4.99 Å². The minimum absolute atomic E-state index is 0.0623. The van der Waals surface area contributed by atoms with Crippen molar-refractivity contribution >= 4 is 17.3 Å². The summed E-state index contributed by atoms with van der Waals surface area (Å²) in [6.45, 7) is 0. The van der Waals surface area contributed by atoms with E-state index < -0.39 is 0 Å². The van der Waals surface area contributed by atoms with Gasteiger partial charge in [-0.1, -0.05) is 36.4 Å². The molecule has 1 unspecified atom stereocenters. The van der Waals surface area contributed by atoms with Gasteiger partial charge in [-0.15, -0.1) is 0 Å². The van der Waals surface area contributed by atoms with Crippen molar-refractivity contribution in [1.29, 1.82) is 0 Å². The van der Waals surface area contributed by atoms with Crippen LogP contribution in [-0.2, 0) is 0 Å². The van der Waals surface area contributed by atoms with E-state index in [1.54, 1.807) is 0 Å². The summed E-state index contributed by atoms with van der Waals surface area (Å²) in [5.41, 5.74) is 3.07. The molecule has 0 radical (unpaired) electrons. The van der Waals surface area contributed by atoms with E-state index in [-0.39, 0.29) is 12.1 Å². The van der Waals surface area contributed by atoms with Crippen LogP contribution >= 0.6 is 0 Å². The fourth-order valence-electron chi connectivity index (χ4n) is 1.93. The lowest BCUT2D eigenvalue weighted by molar-refractivity contribution is 0.251. The second-order valence-corrected chi connectivity index (χ2v) is 3.79. The van der Waals surface area contributed by atoms with Crippen molar-refractivity contribution < 1.29 is 4.79 Å². The van der Waals surface area contributed by atoms with E-state index in [1.807, 2.05) is 36.4 Å². The van der Waals surface area contributed by atoms with Gasteiger partial charge in [-0.05, 0) is 23.3 Å². The van der Waals surface area contributed by atoms with Crippen LogP contribution in [0.4, 0.5) is 4.79 Å². The molecule has 2 amide bonds. The first-order valence-electron chi connectivity index (χ1n) is 5.17. The van der Waals surface area contributed by atoms with Gasteiger partial charge in [0.15, 0.2) is 0 Å². The van der Waals surface area contributed by atoms with E-state index in [2.05, 4.69) is 22.4 Å². The fourth-order valence-corrected chi connectivity index (χ4v) is 1.93. The maximum atomic E-state index is 11.1. The van der Waals surface area contributed by atoms with E-state index in [1.165, 1.54) is 0 Å². The van der Waals surface area contributed by atoms with Crippen LogP contribution in [0.5, 0.6) is 0 Å². The number of nitrogens with one attached hydrogen (secondary N) is 1. The highest BCUT2D eigenvalue weighted by Gasteiger charge is 2.24. The Balaban J connectivity index is 1.97. The van der Waals surface area contributed by atoms with Crippen LogP contribution in [-0.4, -0.2) is 17.8 Å². The Labute approximate surface area is 93.2 Å². The van der Waals surface area contributed by atoms with Crippen molar-refractivity contribution in [1.82, 2.24) is 5.32 Å². The van der Waals surface area contributed by atoms with Crippen LogP contribution in [0, 0.1) is 0 Å². The number of hydrogen-bond acceptors (Lipinski definition) is 1. The Morgan fingerprint density at radius 2 is 1.94 bits per heavy atom. The number of hydrogen-bond donors (Lipinski definition) is 1. The molecule has 1 aromatic carbocycles. The zero-order valence-corrected chi connectivity index (χ0v) is 8.55. The quantitative estimate of drug-likeness (QED) is 0.758.